The molecule has 0 saturated carbocycles. The summed E-state index contributed by atoms with van der Waals surface area (Å²) in [5.41, 5.74) is 1.19. The van der Waals surface area contributed by atoms with Gasteiger partial charge in [0, 0.05) is 32.1 Å². The molecule has 0 unspecified atom stereocenters. The summed E-state index contributed by atoms with van der Waals surface area (Å²) in [5, 5.41) is 11.9. The first kappa shape index (κ1) is 15.2. The van der Waals surface area contributed by atoms with Gasteiger partial charge in [-0.15, -0.1) is 0 Å². The number of nitrogens with one attached hydrogen (secondary N) is 1. The molecule has 0 saturated heterocycles. The minimum atomic E-state index is 0.469. The van der Waals surface area contributed by atoms with Crippen LogP contribution < -0.4 is 5.32 Å². The highest BCUT2D eigenvalue weighted by atomic mass is 15.1. The molecule has 0 aliphatic rings. The highest BCUT2D eigenvalue weighted by molar-refractivity contribution is 5.00. The summed E-state index contributed by atoms with van der Waals surface area (Å²) >= 11 is 0. The van der Waals surface area contributed by atoms with Crippen molar-refractivity contribution in [1.82, 2.24) is 10.2 Å². The van der Waals surface area contributed by atoms with Gasteiger partial charge in [-0.25, -0.2) is 0 Å². The van der Waals surface area contributed by atoms with Crippen LogP contribution in [0.1, 0.15) is 33.6 Å². The third-order valence-electron chi connectivity index (χ3n) is 2.47. The molecule has 0 aliphatic carbocycles. The molecule has 0 amide bonds. The first-order valence-corrected chi connectivity index (χ1v) is 6.10. The number of hydrogen-bond donors (Lipinski definition) is 1. The van der Waals surface area contributed by atoms with E-state index in [2.05, 4.69) is 43.6 Å². The van der Waals surface area contributed by atoms with Crippen molar-refractivity contribution in [2.45, 2.75) is 39.7 Å². The van der Waals surface area contributed by atoms with Crippen LogP contribution in [0.25, 0.3) is 0 Å². The van der Waals surface area contributed by atoms with Gasteiger partial charge in [0.05, 0.1) is 6.07 Å². The van der Waals surface area contributed by atoms with Crippen molar-refractivity contribution >= 4 is 0 Å². The molecule has 1 N–H and O–H groups in total. The predicted octanol–water partition coefficient (Wildman–Crippen LogP) is 2.17. The molecule has 0 radical (unpaired) electrons. The van der Waals surface area contributed by atoms with Gasteiger partial charge >= 0.3 is 0 Å². The van der Waals surface area contributed by atoms with E-state index in [-0.39, 0.29) is 0 Å². The van der Waals surface area contributed by atoms with E-state index in [4.69, 9.17) is 5.26 Å². The van der Waals surface area contributed by atoms with E-state index in [0.29, 0.717) is 12.5 Å². The fraction of sp³-hybridized carbons (Fsp3) is 0.769. The van der Waals surface area contributed by atoms with Crippen molar-refractivity contribution in [1.29, 1.82) is 5.26 Å². The Balaban J connectivity index is 3.89. The Labute approximate surface area is 100 Å². The Morgan fingerprint density at radius 1 is 1.50 bits per heavy atom. The molecule has 92 valence electrons. The monoisotopic (exact) mass is 223 g/mol. The normalized spacial score (nSPS) is 10.8. The maximum atomic E-state index is 8.59. The molecule has 0 heterocycles. The lowest BCUT2D eigenvalue weighted by Crippen LogP contribution is -2.35. The zero-order valence-corrected chi connectivity index (χ0v) is 10.9. The lowest BCUT2D eigenvalue weighted by atomic mass is 10.2. The van der Waals surface area contributed by atoms with Crippen LogP contribution in [0.15, 0.2) is 12.2 Å². The molecule has 3 nitrogen and oxygen atoms in total. The molecular weight excluding hydrogens is 198 g/mol. The molecule has 0 bridgehead atoms. The lowest BCUT2D eigenvalue weighted by Gasteiger charge is -2.26. The van der Waals surface area contributed by atoms with Gasteiger partial charge in [0.15, 0.2) is 0 Å². The SMILES string of the molecule is C=C(CNCCC)CN(CCC#N)C(C)C. The standard InChI is InChI=1S/C13H25N3/c1-5-8-15-10-13(4)11-16(12(2)3)9-6-7-14/h12,15H,4-6,8-11H2,1-3H3. The van der Waals surface area contributed by atoms with Gasteiger partial charge in [0.25, 0.3) is 0 Å². The highest BCUT2D eigenvalue weighted by Crippen LogP contribution is 2.03. The van der Waals surface area contributed by atoms with Crippen molar-refractivity contribution in [3.05, 3.63) is 12.2 Å². The molecule has 0 spiro atoms. The molecule has 0 aromatic carbocycles. The number of hydrogen-bond acceptors (Lipinski definition) is 3. The van der Waals surface area contributed by atoms with Gasteiger partial charge in [-0.3, -0.25) is 4.90 Å². The predicted molar refractivity (Wildman–Crippen MR) is 69.2 cm³/mol. The summed E-state index contributed by atoms with van der Waals surface area (Å²) in [7, 11) is 0. The van der Waals surface area contributed by atoms with Gasteiger partial charge < -0.3 is 5.32 Å². The number of rotatable bonds is 9. The number of nitriles is 1. The quantitative estimate of drug-likeness (QED) is 0.481. The summed E-state index contributed by atoms with van der Waals surface area (Å²) in [6.45, 7) is 14.2. The molecule has 0 aliphatic heterocycles. The Bertz CT molecular complexity index is 228. The summed E-state index contributed by atoms with van der Waals surface area (Å²) < 4.78 is 0. The first-order valence-electron chi connectivity index (χ1n) is 6.10. The van der Waals surface area contributed by atoms with Gasteiger partial charge in [0.2, 0.25) is 0 Å². The lowest BCUT2D eigenvalue weighted by molar-refractivity contribution is 0.245. The third kappa shape index (κ3) is 7.44. The second kappa shape index (κ2) is 9.38. The van der Waals surface area contributed by atoms with Crippen molar-refractivity contribution in [2.75, 3.05) is 26.2 Å². The molecule has 16 heavy (non-hydrogen) atoms. The first-order chi connectivity index (χ1) is 7.61. The summed E-state index contributed by atoms with van der Waals surface area (Å²) in [4.78, 5) is 2.29. The molecule has 0 rings (SSSR count). The van der Waals surface area contributed by atoms with Crippen molar-refractivity contribution in [3.63, 3.8) is 0 Å². The minimum Gasteiger partial charge on any atom is -0.313 e. The van der Waals surface area contributed by atoms with Crippen LogP contribution in [0.5, 0.6) is 0 Å². The number of nitrogens with zero attached hydrogens (tertiary/aromatic N) is 2. The average Bonchev–Trinajstić information content (AvgIpc) is 2.24. The van der Waals surface area contributed by atoms with Crippen LogP contribution in [0.2, 0.25) is 0 Å². The van der Waals surface area contributed by atoms with Crippen LogP contribution in [-0.4, -0.2) is 37.1 Å². The van der Waals surface area contributed by atoms with Crippen molar-refractivity contribution in [3.8, 4) is 6.07 Å². The van der Waals surface area contributed by atoms with Gasteiger partial charge in [-0.1, -0.05) is 13.5 Å². The van der Waals surface area contributed by atoms with Gasteiger partial charge in [-0.2, -0.15) is 5.26 Å². The van der Waals surface area contributed by atoms with E-state index in [1.807, 2.05) is 0 Å². The van der Waals surface area contributed by atoms with Gasteiger partial charge in [-0.05, 0) is 32.4 Å². The molecule has 0 fully saturated rings. The molecule has 3 heteroatoms. The maximum absolute atomic E-state index is 8.59. The van der Waals surface area contributed by atoms with E-state index < -0.39 is 0 Å². The van der Waals surface area contributed by atoms with Crippen LogP contribution in [0.3, 0.4) is 0 Å². The highest BCUT2D eigenvalue weighted by Gasteiger charge is 2.09. The molecule has 0 aromatic heterocycles. The topological polar surface area (TPSA) is 39.1 Å². The fourth-order valence-electron chi connectivity index (χ4n) is 1.50. The minimum absolute atomic E-state index is 0.469. The Morgan fingerprint density at radius 2 is 2.19 bits per heavy atom. The van der Waals surface area contributed by atoms with Crippen LogP contribution >= 0.6 is 0 Å². The smallest absolute Gasteiger partial charge is 0.0635 e. The largest absolute Gasteiger partial charge is 0.313 e. The molecule has 0 atom stereocenters. The van der Waals surface area contributed by atoms with Gasteiger partial charge in [0.1, 0.15) is 0 Å². The zero-order valence-electron chi connectivity index (χ0n) is 10.9. The maximum Gasteiger partial charge on any atom is 0.0635 e. The average molecular weight is 223 g/mol. The van der Waals surface area contributed by atoms with Crippen LogP contribution in [-0.2, 0) is 0 Å². The van der Waals surface area contributed by atoms with Crippen molar-refractivity contribution < 1.29 is 0 Å². The second-order valence-electron chi connectivity index (χ2n) is 4.40. The Kier molecular flexibility index (Phi) is 8.88. The Morgan fingerprint density at radius 3 is 2.69 bits per heavy atom. The van der Waals surface area contributed by atoms with Crippen molar-refractivity contribution in [2.24, 2.45) is 0 Å². The van der Waals surface area contributed by atoms with E-state index in [1.165, 1.54) is 5.57 Å². The third-order valence-corrected chi connectivity index (χ3v) is 2.47. The van der Waals surface area contributed by atoms with E-state index in [1.54, 1.807) is 0 Å². The summed E-state index contributed by atoms with van der Waals surface area (Å²) in [6.07, 6.45) is 1.74. The summed E-state index contributed by atoms with van der Waals surface area (Å²) in [6, 6.07) is 2.66. The van der Waals surface area contributed by atoms with E-state index in [0.717, 1.165) is 32.6 Å². The molecule has 0 aromatic rings. The van der Waals surface area contributed by atoms with Crippen LogP contribution in [0, 0.1) is 11.3 Å². The Hall–Kier alpha value is -0.850. The summed E-state index contributed by atoms with van der Waals surface area (Å²) in [5.74, 6) is 0. The fourth-order valence-corrected chi connectivity index (χ4v) is 1.50. The molecular formula is C13H25N3. The van der Waals surface area contributed by atoms with E-state index >= 15 is 0 Å². The zero-order chi connectivity index (χ0) is 12.4. The van der Waals surface area contributed by atoms with Crippen LogP contribution in [0.4, 0.5) is 0 Å². The van der Waals surface area contributed by atoms with E-state index in [9.17, 15) is 0 Å². The second-order valence-corrected chi connectivity index (χ2v) is 4.40.